The molecule has 5 heteroatoms. The summed E-state index contributed by atoms with van der Waals surface area (Å²) in [5.74, 6) is -0.254. The van der Waals surface area contributed by atoms with E-state index in [-0.39, 0.29) is 5.91 Å². The third-order valence-corrected chi connectivity index (χ3v) is 3.65. The van der Waals surface area contributed by atoms with Gasteiger partial charge in [-0.15, -0.1) is 0 Å². The lowest BCUT2D eigenvalue weighted by Crippen LogP contribution is -2.07. The number of nitrogens with zero attached hydrogens (tertiary/aromatic N) is 2. The van der Waals surface area contributed by atoms with Crippen LogP contribution in [0.5, 0.6) is 0 Å². The number of carbonyl (C=O) groups is 1. The molecule has 3 rings (SSSR count). The van der Waals surface area contributed by atoms with Gasteiger partial charge in [-0.25, -0.2) is 4.98 Å². The number of benzene rings is 1. The van der Waals surface area contributed by atoms with Crippen molar-refractivity contribution in [1.29, 1.82) is 0 Å². The number of hydrogen-bond acceptors (Lipinski definition) is 2. The van der Waals surface area contributed by atoms with Crippen molar-refractivity contribution in [3.05, 3.63) is 66.0 Å². The molecule has 110 valence electrons. The van der Waals surface area contributed by atoms with Crippen LogP contribution in [0.1, 0.15) is 5.56 Å². The fraction of sp³-hybridized carbons (Fsp3) is 0.0588. The molecule has 22 heavy (non-hydrogen) atoms. The van der Waals surface area contributed by atoms with Crippen molar-refractivity contribution >= 4 is 34.2 Å². The Labute approximate surface area is 133 Å². The molecule has 0 saturated carbocycles. The van der Waals surface area contributed by atoms with Crippen molar-refractivity contribution < 1.29 is 4.79 Å². The van der Waals surface area contributed by atoms with Crippen molar-refractivity contribution in [1.82, 2.24) is 9.55 Å². The van der Waals surface area contributed by atoms with Crippen LogP contribution in [0.25, 0.3) is 16.7 Å². The van der Waals surface area contributed by atoms with Crippen LogP contribution < -0.4 is 5.32 Å². The summed E-state index contributed by atoms with van der Waals surface area (Å²) in [7, 11) is 0. The quantitative estimate of drug-likeness (QED) is 0.740. The molecule has 4 nitrogen and oxygen atoms in total. The second kappa shape index (κ2) is 5.66. The molecule has 0 fully saturated rings. The Morgan fingerprint density at radius 3 is 2.77 bits per heavy atom. The molecule has 1 amide bonds. The number of fused-ring (bicyclic) bond motifs is 1. The van der Waals surface area contributed by atoms with Crippen LogP contribution in [-0.2, 0) is 4.79 Å². The summed E-state index contributed by atoms with van der Waals surface area (Å²) in [4.78, 5) is 15.9. The Kier molecular flexibility index (Phi) is 3.69. The number of aromatic nitrogens is 2. The fourth-order valence-electron chi connectivity index (χ4n) is 2.32. The van der Waals surface area contributed by atoms with Crippen LogP contribution in [0.3, 0.4) is 0 Å². The first-order valence-electron chi connectivity index (χ1n) is 6.75. The lowest BCUT2D eigenvalue weighted by molar-refractivity contribution is -0.111. The Hall–Kier alpha value is -2.59. The van der Waals surface area contributed by atoms with Gasteiger partial charge in [-0.05, 0) is 48.9 Å². The highest BCUT2D eigenvalue weighted by Gasteiger charge is 2.10. The van der Waals surface area contributed by atoms with Crippen molar-refractivity contribution in [2.75, 3.05) is 5.32 Å². The van der Waals surface area contributed by atoms with E-state index in [0.717, 1.165) is 22.3 Å². The second-order valence-corrected chi connectivity index (χ2v) is 5.38. The van der Waals surface area contributed by atoms with Gasteiger partial charge in [-0.1, -0.05) is 18.2 Å². The molecule has 3 aromatic rings. The van der Waals surface area contributed by atoms with Crippen LogP contribution in [0.2, 0.25) is 5.02 Å². The fourth-order valence-corrected chi connectivity index (χ4v) is 2.45. The Bertz CT molecular complexity index is 865. The van der Waals surface area contributed by atoms with Crippen LogP contribution in [0, 0.1) is 6.92 Å². The third-order valence-electron chi connectivity index (χ3n) is 3.40. The Balaban J connectivity index is 2.09. The van der Waals surface area contributed by atoms with Gasteiger partial charge in [0.05, 0.1) is 11.9 Å². The van der Waals surface area contributed by atoms with Crippen LogP contribution in [0.15, 0.2) is 55.4 Å². The summed E-state index contributed by atoms with van der Waals surface area (Å²) < 4.78 is 2.00. The smallest absolute Gasteiger partial charge is 0.247 e. The summed E-state index contributed by atoms with van der Waals surface area (Å²) in [5.41, 5.74) is 3.54. The highest BCUT2D eigenvalue weighted by molar-refractivity contribution is 6.30. The van der Waals surface area contributed by atoms with Gasteiger partial charge in [0.25, 0.3) is 0 Å². The molecule has 0 saturated heterocycles. The molecule has 1 aromatic carbocycles. The number of aryl methyl sites for hydroxylation is 1. The molecule has 0 aliphatic rings. The maximum atomic E-state index is 11.4. The zero-order valence-electron chi connectivity index (χ0n) is 12.0. The minimum absolute atomic E-state index is 0.254. The van der Waals surface area contributed by atoms with Gasteiger partial charge >= 0.3 is 0 Å². The van der Waals surface area contributed by atoms with E-state index in [2.05, 4.69) is 16.9 Å². The van der Waals surface area contributed by atoms with Gasteiger partial charge < -0.3 is 9.88 Å². The monoisotopic (exact) mass is 311 g/mol. The molecule has 2 heterocycles. The van der Waals surface area contributed by atoms with Crippen molar-refractivity contribution in [3.63, 3.8) is 0 Å². The van der Waals surface area contributed by atoms with E-state index in [4.69, 9.17) is 11.6 Å². The molecule has 0 unspecified atom stereocenters. The zero-order chi connectivity index (χ0) is 15.7. The van der Waals surface area contributed by atoms with E-state index in [9.17, 15) is 4.79 Å². The largest absolute Gasteiger partial charge is 0.321 e. The normalized spacial score (nSPS) is 10.6. The van der Waals surface area contributed by atoms with Gasteiger partial charge in [-0.2, -0.15) is 0 Å². The van der Waals surface area contributed by atoms with Crippen molar-refractivity contribution in [3.8, 4) is 5.69 Å². The van der Waals surface area contributed by atoms with E-state index in [0.29, 0.717) is 10.7 Å². The lowest BCUT2D eigenvalue weighted by Gasteiger charge is -2.06. The number of halogens is 1. The number of amides is 1. The van der Waals surface area contributed by atoms with Gasteiger partial charge in [0.2, 0.25) is 5.91 Å². The summed E-state index contributed by atoms with van der Waals surface area (Å²) in [6.45, 7) is 5.45. The first kappa shape index (κ1) is 14.4. The zero-order valence-corrected chi connectivity index (χ0v) is 12.8. The minimum Gasteiger partial charge on any atom is -0.321 e. The number of carbonyl (C=O) groups excluding carboxylic acids is 1. The lowest BCUT2D eigenvalue weighted by atomic mass is 10.2. The molecule has 0 spiro atoms. The average molecular weight is 312 g/mol. The minimum atomic E-state index is -0.254. The SMILES string of the molecule is C=CC(=O)Nc1cnc2c(c1)c(C)cn2-c1ccc(Cl)cc1. The predicted octanol–water partition coefficient (Wildman–Crippen LogP) is 4.11. The molecule has 2 aromatic heterocycles. The molecular weight excluding hydrogens is 298 g/mol. The maximum Gasteiger partial charge on any atom is 0.247 e. The average Bonchev–Trinajstić information content (AvgIpc) is 2.85. The molecule has 0 bridgehead atoms. The first-order chi connectivity index (χ1) is 10.6. The number of anilines is 1. The molecular formula is C17H14ClN3O. The standard InChI is InChI=1S/C17H14ClN3O/c1-3-16(22)20-13-8-15-11(2)10-21(17(15)19-9-13)14-6-4-12(18)5-7-14/h3-10H,1H2,2H3,(H,20,22). The van der Waals surface area contributed by atoms with Gasteiger partial charge in [0, 0.05) is 22.3 Å². The van der Waals surface area contributed by atoms with Crippen LogP contribution >= 0.6 is 11.6 Å². The maximum absolute atomic E-state index is 11.4. The summed E-state index contributed by atoms with van der Waals surface area (Å²) in [5, 5.41) is 4.40. The number of pyridine rings is 1. The van der Waals surface area contributed by atoms with Gasteiger partial charge in [-0.3, -0.25) is 4.79 Å². The number of hydrogen-bond donors (Lipinski definition) is 1. The van der Waals surface area contributed by atoms with Gasteiger partial charge in [0.1, 0.15) is 5.65 Å². The van der Waals surface area contributed by atoms with E-state index in [1.165, 1.54) is 6.08 Å². The summed E-state index contributed by atoms with van der Waals surface area (Å²) in [6.07, 6.45) is 4.88. The highest BCUT2D eigenvalue weighted by atomic mass is 35.5. The van der Waals surface area contributed by atoms with Gasteiger partial charge in [0.15, 0.2) is 0 Å². The van der Waals surface area contributed by atoms with E-state index >= 15 is 0 Å². The molecule has 1 N–H and O–H groups in total. The van der Waals surface area contributed by atoms with Crippen molar-refractivity contribution in [2.45, 2.75) is 6.92 Å². The Morgan fingerprint density at radius 2 is 2.09 bits per heavy atom. The topological polar surface area (TPSA) is 46.9 Å². The van der Waals surface area contributed by atoms with E-state index < -0.39 is 0 Å². The van der Waals surface area contributed by atoms with E-state index in [1.807, 2.05) is 48.0 Å². The second-order valence-electron chi connectivity index (χ2n) is 4.95. The molecule has 0 radical (unpaired) electrons. The summed E-state index contributed by atoms with van der Waals surface area (Å²) >= 11 is 5.93. The molecule has 0 atom stereocenters. The third kappa shape index (κ3) is 2.61. The van der Waals surface area contributed by atoms with Crippen molar-refractivity contribution in [2.24, 2.45) is 0 Å². The first-order valence-corrected chi connectivity index (χ1v) is 7.13. The molecule has 0 aliphatic heterocycles. The van der Waals surface area contributed by atoms with Crippen LogP contribution in [0.4, 0.5) is 5.69 Å². The predicted molar refractivity (Wildman–Crippen MR) is 89.6 cm³/mol. The summed E-state index contributed by atoms with van der Waals surface area (Å²) in [6, 6.07) is 9.48. The van der Waals surface area contributed by atoms with E-state index in [1.54, 1.807) is 6.20 Å². The van der Waals surface area contributed by atoms with Crippen LogP contribution in [-0.4, -0.2) is 15.5 Å². The Morgan fingerprint density at radius 1 is 1.36 bits per heavy atom. The highest BCUT2D eigenvalue weighted by Crippen LogP contribution is 2.25. The number of nitrogens with one attached hydrogen (secondary N) is 1. The molecule has 0 aliphatic carbocycles. The number of rotatable bonds is 3.